The molecule has 0 bridgehead atoms. The summed E-state index contributed by atoms with van der Waals surface area (Å²) < 4.78 is 0. The van der Waals surface area contributed by atoms with Crippen LogP contribution in [0.1, 0.15) is 0 Å². The maximum atomic E-state index is 11.9. The number of halogens is 1. The molecule has 5 nitrogen and oxygen atoms in total. The number of hydrogen-bond acceptors (Lipinski definition) is 2. The molecule has 3 N–H and O–H groups in total. The molecule has 0 spiro atoms. The summed E-state index contributed by atoms with van der Waals surface area (Å²) in [7, 11) is 0. The summed E-state index contributed by atoms with van der Waals surface area (Å²) in [4.78, 5) is 15.7. The molecule has 0 saturated carbocycles. The number of amides is 2. The maximum absolute atomic E-state index is 11.9. The van der Waals surface area contributed by atoms with Gasteiger partial charge in [-0.3, -0.25) is 0 Å². The molecule has 6 heteroatoms. The number of para-hydroxylation sites is 2. The zero-order valence-electron chi connectivity index (χ0n) is 14.2. The van der Waals surface area contributed by atoms with Crippen LogP contribution in [0.3, 0.4) is 0 Å². The Kier molecular flexibility index (Phi) is 6.14. The number of rotatable bonds is 5. The van der Waals surface area contributed by atoms with E-state index in [0.717, 1.165) is 49.1 Å². The lowest BCUT2D eigenvalue weighted by Crippen LogP contribution is -3.15. The van der Waals surface area contributed by atoms with E-state index < -0.39 is 0 Å². The predicted octanol–water partition coefficient (Wildman–Crippen LogP) is 1.87. The first-order valence-corrected chi connectivity index (χ1v) is 9.03. The quantitative estimate of drug-likeness (QED) is 0.763. The van der Waals surface area contributed by atoms with Gasteiger partial charge >= 0.3 is 6.03 Å². The zero-order valence-corrected chi connectivity index (χ0v) is 14.9. The number of quaternary nitrogens is 1. The molecule has 2 aromatic rings. The largest absolute Gasteiger partial charge is 0.359 e. The minimum Gasteiger partial charge on any atom is -0.359 e. The van der Waals surface area contributed by atoms with Gasteiger partial charge in [-0.2, -0.15) is 0 Å². The third-order valence-corrected chi connectivity index (χ3v) is 4.78. The van der Waals surface area contributed by atoms with Gasteiger partial charge in [0.1, 0.15) is 0 Å². The molecule has 132 valence electrons. The molecule has 0 atom stereocenters. The minimum atomic E-state index is -0.152. The van der Waals surface area contributed by atoms with Crippen LogP contribution in [0.25, 0.3) is 0 Å². The second-order valence-corrected chi connectivity index (χ2v) is 6.59. The summed E-state index contributed by atoms with van der Waals surface area (Å²) in [6, 6.07) is 17.3. The van der Waals surface area contributed by atoms with Crippen LogP contribution < -0.4 is 20.4 Å². The number of nitrogens with zero attached hydrogens (tertiary/aromatic N) is 1. The standard InChI is InChI=1S/C19H23ClN4O/c20-17-8-4-5-9-18(17)24-14-12-23(13-15-24)11-10-21-19(25)22-16-6-2-1-3-7-16/h1-9H,10-15H2,(H2,21,22,25)/p+1. The van der Waals surface area contributed by atoms with Crippen LogP contribution in [-0.4, -0.2) is 45.3 Å². The van der Waals surface area contributed by atoms with Crippen molar-refractivity contribution in [3.05, 3.63) is 59.6 Å². The van der Waals surface area contributed by atoms with E-state index in [0.29, 0.717) is 6.54 Å². The monoisotopic (exact) mass is 359 g/mol. The van der Waals surface area contributed by atoms with Crippen molar-refractivity contribution in [3.63, 3.8) is 0 Å². The highest BCUT2D eigenvalue weighted by molar-refractivity contribution is 6.33. The van der Waals surface area contributed by atoms with Gasteiger partial charge in [-0.05, 0) is 24.3 Å². The van der Waals surface area contributed by atoms with Crippen molar-refractivity contribution in [2.24, 2.45) is 0 Å². The summed E-state index contributed by atoms with van der Waals surface area (Å²) in [6.45, 7) is 5.66. The maximum Gasteiger partial charge on any atom is 0.319 e. The Bertz CT molecular complexity index is 687. The number of urea groups is 1. The molecule has 0 aliphatic carbocycles. The average Bonchev–Trinajstić information content (AvgIpc) is 2.64. The summed E-state index contributed by atoms with van der Waals surface area (Å²) in [5.74, 6) is 0. The van der Waals surface area contributed by atoms with E-state index in [-0.39, 0.29) is 6.03 Å². The van der Waals surface area contributed by atoms with Gasteiger partial charge < -0.3 is 20.4 Å². The van der Waals surface area contributed by atoms with Crippen LogP contribution in [0, 0.1) is 0 Å². The molecule has 2 aromatic carbocycles. The molecule has 3 rings (SSSR count). The third-order valence-electron chi connectivity index (χ3n) is 4.46. The number of hydrogen-bond donors (Lipinski definition) is 3. The fraction of sp³-hybridized carbons (Fsp3) is 0.316. The minimum absolute atomic E-state index is 0.152. The lowest BCUT2D eigenvalue weighted by atomic mass is 10.2. The summed E-state index contributed by atoms with van der Waals surface area (Å²) in [5.41, 5.74) is 1.92. The number of carbonyl (C=O) groups is 1. The van der Waals surface area contributed by atoms with E-state index in [2.05, 4.69) is 21.6 Å². The van der Waals surface area contributed by atoms with E-state index in [9.17, 15) is 4.79 Å². The van der Waals surface area contributed by atoms with Gasteiger partial charge in [0.25, 0.3) is 0 Å². The highest BCUT2D eigenvalue weighted by Gasteiger charge is 2.21. The highest BCUT2D eigenvalue weighted by atomic mass is 35.5. The van der Waals surface area contributed by atoms with Crippen LogP contribution in [0.15, 0.2) is 54.6 Å². The topological polar surface area (TPSA) is 48.8 Å². The normalized spacial score (nSPS) is 15.0. The molecule has 0 radical (unpaired) electrons. The van der Waals surface area contributed by atoms with E-state index in [1.807, 2.05) is 48.5 Å². The first-order valence-electron chi connectivity index (χ1n) is 8.65. The fourth-order valence-electron chi connectivity index (χ4n) is 3.07. The smallest absolute Gasteiger partial charge is 0.319 e. The van der Waals surface area contributed by atoms with E-state index >= 15 is 0 Å². The summed E-state index contributed by atoms with van der Waals surface area (Å²) >= 11 is 6.28. The first kappa shape index (κ1) is 17.6. The Morgan fingerprint density at radius 2 is 1.72 bits per heavy atom. The molecule has 0 unspecified atom stereocenters. The Balaban J connectivity index is 1.37. The highest BCUT2D eigenvalue weighted by Crippen LogP contribution is 2.24. The van der Waals surface area contributed by atoms with E-state index in [1.54, 1.807) is 0 Å². The molecule has 1 fully saturated rings. The molecule has 2 amide bonds. The van der Waals surface area contributed by atoms with Crippen LogP contribution in [0.5, 0.6) is 0 Å². The van der Waals surface area contributed by atoms with Crippen LogP contribution in [0.4, 0.5) is 16.2 Å². The van der Waals surface area contributed by atoms with Crippen molar-refractivity contribution in [3.8, 4) is 0 Å². The lowest BCUT2D eigenvalue weighted by molar-refractivity contribution is -0.899. The molecule has 25 heavy (non-hydrogen) atoms. The number of carbonyl (C=O) groups excluding carboxylic acids is 1. The van der Waals surface area contributed by atoms with Crippen molar-refractivity contribution in [1.29, 1.82) is 0 Å². The van der Waals surface area contributed by atoms with Gasteiger partial charge in [0.15, 0.2) is 0 Å². The molecule has 1 saturated heterocycles. The molecule has 1 aliphatic rings. The summed E-state index contributed by atoms with van der Waals surface area (Å²) in [5, 5.41) is 6.57. The predicted molar refractivity (Wildman–Crippen MR) is 103 cm³/mol. The number of nitrogens with one attached hydrogen (secondary N) is 3. The van der Waals surface area contributed by atoms with Crippen molar-refractivity contribution >= 4 is 29.0 Å². The summed E-state index contributed by atoms with van der Waals surface area (Å²) in [6.07, 6.45) is 0. The van der Waals surface area contributed by atoms with Gasteiger partial charge in [-0.15, -0.1) is 0 Å². The Morgan fingerprint density at radius 3 is 2.44 bits per heavy atom. The lowest BCUT2D eigenvalue weighted by Gasteiger charge is -2.34. The Labute approximate surface area is 153 Å². The van der Waals surface area contributed by atoms with Crippen molar-refractivity contribution in [2.45, 2.75) is 0 Å². The third kappa shape index (κ3) is 5.11. The van der Waals surface area contributed by atoms with Gasteiger partial charge in [0, 0.05) is 5.69 Å². The van der Waals surface area contributed by atoms with Gasteiger partial charge in [-0.25, -0.2) is 4.79 Å². The van der Waals surface area contributed by atoms with Crippen molar-refractivity contribution in [1.82, 2.24) is 5.32 Å². The van der Waals surface area contributed by atoms with E-state index in [4.69, 9.17) is 11.6 Å². The van der Waals surface area contributed by atoms with Gasteiger partial charge in [0.05, 0.1) is 50.0 Å². The fourth-order valence-corrected chi connectivity index (χ4v) is 3.33. The molecular weight excluding hydrogens is 336 g/mol. The molecular formula is C19H24ClN4O+. The Morgan fingerprint density at radius 1 is 1.04 bits per heavy atom. The van der Waals surface area contributed by atoms with Gasteiger partial charge in [-0.1, -0.05) is 41.9 Å². The average molecular weight is 360 g/mol. The SMILES string of the molecule is O=C(NCC[NH+]1CCN(c2ccccc2Cl)CC1)Nc1ccccc1. The number of benzene rings is 2. The second kappa shape index (κ2) is 8.74. The van der Waals surface area contributed by atoms with Crippen molar-refractivity contribution < 1.29 is 9.69 Å². The van der Waals surface area contributed by atoms with Crippen LogP contribution in [0.2, 0.25) is 5.02 Å². The van der Waals surface area contributed by atoms with Gasteiger partial charge in [0.2, 0.25) is 0 Å². The van der Waals surface area contributed by atoms with Crippen LogP contribution in [-0.2, 0) is 0 Å². The molecule has 1 aliphatic heterocycles. The number of anilines is 2. The van der Waals surface area contributed by atoms with Crippen LogP contribution >= 0.6 is 11.6 Å². The zero-order chi connectivity index (χ0) is 17.5. The van der Waals surface area contributed by atoms with Crippen molar-refractivity contribution in [2.75, 3.05) is 49.5 Å². The Hall–Kier alpha value is -2.24. The first-order chi connectivity index (χ1) is 12.2. The second-order valence-electron chi connectivity index (χ2n) is 6.19. The molecule has 1 heterocycles. The number of piperazine rings is 1. The molecule has 0 aromatic heterocycles. The van der Waals surface area contributed by atoms with E-state index in [1.165, 1.54) is 4.90 Å².